The van der Waals surface area contributed by atoms with Crippen molar-refractivity contribution in [2.45, 2.75) is 0 Å². The summed E-state index contributed by atoms with van der Waals surface area (Å²) in [6.07, 6.45) is 2.02. The van der Waals surface area contributed by atoms with E-state index in [2.05, 4.69) is 22.8 Å². The third-order valence-electron chi connectivity index (χ3n) is 3.10. The molecule has 0 atom stereocenters. The van der Waals surface area contributed by atoms with Gasteiger partial charge in [-0.15, -0.1) is 11.3 Å². The number of thiophene rings is 1. The van der Waals surface area contributed by atoms with Crippen molar-refractivity contribution in [1.29, 1.82) is 0 Å². The van der Waals surface area contributed by atoms with Crippen LogP contribution in [0.1, 0.15) is 9.67 Å². The van der Waals surface area contributed by atoms with Crippen molar-refractivity contribution in [3.05, 3.63) is 52.9 Å². The van der Waals surface area contributed by atoms with Crippen LogP contribution < -0.4 is 4.57 Å². The number of benzene rings is 1. The van der Waals surface area contributed by atoms with Gasteiger partial charge in [-0.3, -0.25) is 0 Å². The Balaban J connectivity index is 2.16. The number of carboxylic acids is 1. The molecule has 94 valence electrons. The second-order valence-electron chi connectivity index (χ2n) is 4.40. The molecule has 3 aromatic rings. The van der Waals surface area contributed by atoms with E-state index in [9.17, 15) is 4.79 Å². The number of nitrogens with zero attached hydrogens (tertiary/aromatic N) is 1. The number of carboxylic acid groups (broad SMARTS) is 1. The first kappa shape index (κ1) is 11.9. The van der Waals surface area contributed by atoms with Gasteiger partial charge in [0.1, 0.15) is 11.9 Å². The second kappa shape index (κ2) is 4.48. The number of pyridine rings is 1. The van der Waals surface area contributed by atoms with Crippen LogP contribution in [0.3, 0.4) is 0 Å². The zero-order valence-corrected chi connectivity index (χ0v) is 11.1. The highest BCUT2D eigenvalue weighted by molar-refractivity contribution is 7.12. The van der Waals surface area contributed by atoms with E-state index in [1.807, 2.05) is 30.8 Å². The maximum atomic E-state index is 10.9. The van der Waals surface area contributed by atoms with Crippen LogP contribution in [0.15, 0.2) is 48.0 Å². The van der Waals surface area contributed by atoms with Crippen LogP contribution in [0.4, 0.5) is 0 Å². The van der Waals surface area contributed by atoms with Gasteiger partial charge < -0.3 is 5.11 Å². The van der Waals surface area contributed by atoms with Crippen molar-refractivity contribution in [2.24, 2.45) is 7.05 Å². The lowest BCUT2D eigenvalue weighted by Crippen LogP contribution is -2.28. The van der Waals surface area contributed by atoms with E-state index < -0.39 is 5.97 Å². The van der Waals surface area contributed by atoms with Crippen LogP contribution in [-0.4, -0.2) is 11.1 Å². The lowest BCUT2D eigenvalue weighted by atomic mass is 10.1. The summed E-state index contributed by atoms with van der Waals surface area (Å²) in [6.45, 7) is 0. The molecule has 0 spiro atoms. The Morgan fingerprint density at radius 3 is 2.74 bits per heavy atom. The molecule has 0 radical (unpaired) electrons. The summed E-state index contributed by atoms with van der Waals surface area (Å²) in [5.74, 6) is -0.874. The van der Waals surface area contributed by atoms with Gasteiger partial charge in [-0.25, -0.2) is 9.36 Å². The largest absolute Gasteiger partial charge is 0.477 e. The van der Waals surface area contributed by atoms with Crippen molar-refractivity contribution in [3.63, 3.8) is 0 Å². The molecule has 19 heavy (non-hydrogen) atoms. The molecule has 1 aromatic carbocycles. The standard InChI is InChI=1S/C15H11NO2S/c1-16-8-11(6-10-4-2-3-5-13(10)16)12-7-14(15(17)18)19-9-12/h2-9H,1H3/p+1. The minimum Gasteiger partial charge on any atom is -0.477 e. The van der Waals surface area contributed by atoms with E-state index in [4.69, 9.17) is 5.11 Å². The number of fused-ring (bicyclic) bond motifs is 1. The van der Waals surface area contributed by atoms with E-state index >= 15 is 0 Å². The topological polar surface area (TPSA) is 41.2 Å². The lowest BCUT2D eigenvalue weighted by Gasteiger charge is -2.00. The average molecular weight is 270 g/mol. The minimum absolute atomic E-state index is 0.366. The second-order valence-corrected chi connectivity index (χ2v) is 5.31. The minimum atomic E-state index is -0.874. The number of rotatable bonds is 2. The molecule has 2 heterocycles. The molecule has 0 saturated carbocycles. The average Bonchev–Trinajstić information content (AvgIpc) is 2.88. The molecule has 0 amide bonds. The summed E-state index contributed by atoms with van der Waals surface area (Å²) in [5, 5.41) is 12.0. The molecule has 3 nitrogen and oxygen atoms in total. The highest BCUT2D eigenvalue weighted by Crippen LogP contribution is 2.26. The van der Waals surface area contributed by atoms with E-state index in [0.29, 0.717) is 4.88 Å². The highest BCUT2D eigenvalue weighted by Gasteiger charge is 2.12. The number of aromatic nitrogens is 1. The smallest absolute Gasteiger partial charge is 0.345 e. The Bertz CT molecular complexity index is 777. The van der Waals surface area contributed by atoms with Crippen LogP contribution in [0.5, 0.6) is 0 Å². The number of aromatic carboxylic acids is 1. The number of para-hydroxylation sites is 1. The molecule has 0 aliphatic carbocycles. The van der Waals surface area contributed by atoms with Gasteiger partial charge in [0.25, 0.3) is 0 Å². The molecule has 0 aliphatic rings. The fraction of sp³-hybridized carbons (Fsp3) is 0.0667. The van der Waals surface area contributed by atoms with Crippen molar-refractivity contribution in [1.82, 2.24) is 0 Å². The van der Waals surface area contributed by atoms with Gasteiger partial charge in [-0.2, -0.15) is 0 Å². The maximum Gasteiger partial charge on any atom is 0.345 e. The maximum absolute atomic E-state index is 10.9. The van der Waals surface area contributed by atoms with Crippen LogP contribution in [0.2, 0.25) is 0 Å². The SMILES string of the molecule is C[n+]1cc(-c2csc(C(=O)O)c2)cc2ccccc21. The summed E-state index contributed by atoms with van der Waals surface area (Å²) >= 11 is 1.25. The third-order valence-corrected chi connectivity index (χ3v) is 4.02. The van der Waals surface area contributed by atoms with Gasteiger partial charge in [0.2, 0.25) is 5.52 Å². The van der Waals surface area contributed by atoms with Crippen LogP contribution in [0.25, 0.3) is 22.0 Å². The van der Waals surface area contributed by atoms with Gasteiger partial charge in [-0.1, -0.05) is 12.1 Å². The molecule has 4 heteroatoms. The summed E-state index contributed by atoms with van der Waals surface area (Å²) in [5.41, 5.74) is 3.13. The van der Waals surface area contributed by atoms with Crippen molar-refractivity contribution in [2.75, 3.05) is 0 Å². The Hall–Kier alpha value is -2.20. The number of aryl methyl sites for hydroxylation is 1. The first-order chi connectivity index (χ1) is 9.15. The number of hydrogen-bond donors (Lipinski definition) is 1. The zero-order chi connectivity index (χ0) is 13.4. The predicted molar refractivity (Wildman–Crippen MR) is 75.4 cm³/mol. The molecule has 3 rings (SSSR count). The first-order valence-electron chi connectivity index (χ1n) is 5.86. The van der Waals surface area contributed by atoms with Crippen LogP contribution >= 0.6 is 11.3 Å². The molecule has 0 bridgehead atoms. The van der Waals surface area contributed by atoms with Crippen LogP contribution in [-0.2, 0) is 7.05 Å². The van der Waals surface area contributed by atoms with Crippen LogP contribution in [0, 0.1) is 0 Å². The molecule has 0 unspecified atom stereocenters. The Morgan fingerprint density at radius 2 is 2.00 bits per heavy atom. The molecule has 0 aliphatic heterocycles. The van der Waals surface area contributed by atoms with Gasteiger partial charge in [0.05, 0.1) is 0 Å². The third kappa shape index (κ3) is 2.11. The quantitative estimate of drug-likeness (QED) is 0.727. The molecule has 0 fully saturated rings. The molecular formula is C15H12NO2S+. The molecule has 0 saturated heterocycles. The summed E-state index contributed by atoms with van der Waals surface area (Å²) in [7, 11) is 2.00. The van der Waals surface area contributed by atoms with Crippen molar-refractivity contribution >= 4 is 28.2 Å². The predicted octanol–water partition coefficient (Wildman–Crippen LogP) is 3.09. The van der Waals surface area contributed by atoms with Gasteiger partial charge in [0, 0.05) is 17.0 Å². The van der Waals surface area contributed by atoms with E-state index in [0.717, 1.165) is 22.0 Å². The van der Waals surface area contributed by atoms with Gasteiger partial charge in [0.15, 0.2) is 6.20 Å². The molecule has 2 aromatic heterocycles. The van der Waals surface area contributed by atoms with Gasteiger partial charge >= 0.3 is 5.97 Å². The Morgan fingerprint density at radius 1 is 1.21 bits per heavy atom. The fourth-order valence-corrected chi connectivity index (χ4v) is 2.93. The first-order valence-corrected chi connectivity index (χ1v) is 6.74. The zero-order valence-electron chi connectivity index (χ0n) is 10.3. The van der Waals surface area contributed by atoms with Crippen molar-refractivity contribution < 1.29 is 14.5 Å². The normalized spacial score (nSPS) is 10.8. The summed E-state index contributed by atoms with van der Waals surface area (Å²) in [4.78, 5) is 11.3. The number of hydrogen-bond acceptors (Lipinski definition) is 2. The number of carbonyl (C=O) groups is 1. The summed E-state index contributed by atoms with van der Waals surface area (Å²) < 4.78 is 2.06. The van der Waals surface area contributed by atoms with Gasteiger partial charge in [-0.05, 0) is 29.1 Å². The lowest BCUT2D eigenvalue weighted by molar-refractivity contribution is -0.644. The van der Waals surface area contributed by atoms with E-state index in [1.165, 1.54) is 11.3 Å². The van der Waals surface area contributed by atoms with Crippen molar-refractivity contribution in [3.8, 4) is 11.1 Å². The monoisotopic (exact) mass is 270 g/mol. The van der Waals surface area contributed by atoms with E-state index in [1.54, 1.807) is 6.07 Å². The molecular weight excluding hydrogens is 258 g/mol. The molecule has 1 N–H and O–H groups in total. The Kier molecular flexibility index (Phi) is 2.80. The summed E-state index contributed by atoms with van der Waals surface area (Å²) in [6, 6.07) is 11.9. The fourth-order valence-electron chi connectivity index (χ4n) is 2.17. The highest BCUT2D eigenvalue weighted by atomic mass is 32.1. The Labute approximate surface area is 114 Å². The van der Waals surface area contributed by atoms with E-state index in [-0.39, 0.29) is 0 Å².